The highest BCUT2D eigenvalue weighted by atomic mass is 32.2. The molecule has 0 atom stereocenters. The molecule has 3 aromatic rings. The van der Waals surface area contributed by atoms with Crippen molar-refractivity contribution in [3.63, 3.8) is 0 Å². The number of carbonyl (C=O) groups excluding carboxylic acids is 3. The van der Waals surface area contributed by atoms with Crippen molar-refractivity contribution in [2.24, 2.45) is 5.92 Å². The molecule has 0 bridgehead atoms. The second-order valence-electron chi connectivity index (χ2n) is 17.6. The number of piperidine rings is 1. The molecule has 6 heterocycles. The van der Waals surface area contributed by atoms with Crippen molar-refractivity contribution in [2.45, 2.75) is 98.2 Å². The number of anilines is 1. The van der Waals surface area contributed by atoms with E-state index < -0.39 is 33.3 Å². The van der Waals surface area contributed by atoms with E-state index in [1.807, 2.05) is 43.5 Å². The van der Waals surface area contributed by atoms with Gasteiger partial charge in [0, 0.05) is 91.5 Å². The Morgan fingerprint density at radius 2 is 1.72 bits per heavy atom. The third-order valence-corrected chi connectivity index (χ3v) is 13.4. The normalized spacial score (nSPS) is 19.4. The molecule has 2 fully saturated rings. The van der Waals surface area contributed by atoms with Crippen LogP contribution in [0.15, 0.2) is 61.1 Å². The van der Waals surface area contributed by atoms with Crippen LogP contribution in [0.5, 0.6) is 11.5 Å². The van der Waals surface area contributed by atoms with Gasteiger partial charge in [-0.15, -0.1) is 5.06 Å². The number of imidazole rings is 1. The fourth-order valence-corrected chi connectivity index (χ4v) is 10.5. The van der Waals surface area contributed by atoms with E-state index in [0.717, 1.165) is 39.9 Å². The molecule has 5 aliphatic heterocycles. The van der Waals surface area contributed by atoms with Crippen molar-refractivity contribution in [3.05, 3.63) is 94.2 Å². The molecule has 0 N–H and O–H groups in total. The van der Waals surface area contributed by atoms with Gasteiger partial charge in [0.15, 0.2) is 5.54 Å². The van der Waals surface area contributed by atoms with Crippen LogP contribution in [-0.4, -0.2) is 93.3 Å². The van der Waals surface area contributed by atoms with Gasteiger partial charge in [-0.25, -0.2) is 22.8 Å². The number of hydrogen-bond acceptors (Lipinski definition) is 10. The van der Waals surface area contributed by atoms with Gasteiger partial charge in [-0.2, -0.15) is 0 Å². The molecule has 0 aliphatic carbocycles. The Morgan fingerprint density at radius 1 is 0.984 bits per heavy atom. The Kier molecular flexibility index (Phi) is 10.7. The van der Waals surface area contributed by atoms with E-state index in [-0.39, 0.29) is 30.3 Å². The van der Waals surface area contributed by atoms with Crippen LogP contribution < -0.4 is 24.8 Å². The Hall–Kier alpha value is -5.54. The summed E-state index contributed by atoms with van der Waals surface area (Å²) in [7, 11) is -4.64. The van der Waals surface area contributed by atoms with Crippen LogP contribution in [0.25, 0.3) is 16.7 Å². The Labute approximate surface area is 356 Å². The van der Waals surface area contributed by atoms with Gasteiger partial charge in [-0.05, 0) is 82.7 Å². The van der Waals surface area contributed by atoms with E-state index in [9.17, 15) is 27.4 Å². The van der Waals surface area contributed by atoms with E-state index >= 15 is 0 Å². The molecule has 322 valence electrons. The molecule has 0 saturated carbocycles. The first-order chi connectivity index (χ1) is 28.8. The maximum Gasteiger partial charge on any atom is 0.336 e. The average molecular weight is 851 g/mol. The van der Waals surface area contributed by atoms with Crippen molar-refractivity contribution in [2.75, 3.05) is 36.8 Å². The number of benzene rings is 2. The summed E-state index contributed by atoms with van der Waals surface area (Å²) in [6.45, 7) is 20.6. The van der Waals surface area contributed by atoms with Gasteiger partial charge in [-0.3, -0.25) is 9.59 Å². The molecular formula is C46H54N6O8S. The van der Waals surface area contributed by atoms with E-state index in [0.29, 0.717) is 84.2 Å². The fourth-order valence-electron chi connectivity index (χ4n) is 9.89. The molecule has 2 aromatic carbocycles. The summed E-state index contributed by atoms with van der Waals surface area (Å²) < 4.78 is 48.1. The average Bonchev–Trinajstić information content (AvgIpc) is 3.78. The minimum Gasteiger partial charge on any atom is -0.748 e. The lowest BCUT2D eigenvalue weighted by molar-refractivity contribution is -0.192. The summed E-state index contributed by atoms with van der Waals surface area (Å²) in [6.07, 6.45) is 9.89. The number of ether oxygens (including phenoxy) is 1. The topological polar surface area (TPSA) is 157 Å². The lowest BCUT2D eigenvalue weighted by atomic mass is 9.85. The molecular weight excluding hydrogens is 797 g/mol. The molecule has 8 rings (SSSR count). The smallest absolute Gasteiger partial charge is 0.336 e. The van der Waals surface area contributed by atoms with E-state index in [1.165, 1.54) is 5.57 Å². The van der Waals surface area contributed by atoms with Gasteiger partial charge in [0.2, 0.25) is 11.3 Å². The maximum absolute atomic E-state index is 14.1. The van der Waals surface area contributed by atoms with E-state index in [4.69, 9.17) is 14.6 Å². The monoisotopic (exact) mass is 850 g/mol. The number of rotatable bonds is 10. The van der Waals surface area contributed by atoms with E-state index in [2.05, 4.69) is 62.0 Å². The van der Waals surface area contributed by atoms with Crippen LogP contribution in [0.1, 0.15) is 103 Å². The van der Waals surface area contributed by atoms with Gasteiger partial charge in [-0.1, -0.05) is 19.6 Å². The van der Waals surface area contributed by atoms with Crippen LogP contribution in [-0.2, 0) is 35.9 Å². The number of carbonyl (C=O) groups is 3. The van der Waals surface area contributed by atoms with E-state index in [1.54, 1.807) is 17.3 Å². The maximum atomic E-state index is 14.1. The summed E-state index contributed by atoms with van der Waals surface area (Å²) in [4.78, 5) is 53.4. The summed E-state index contributed by atoms with van der Waals surface area (Å²) >= 11 is 0. The molecule has 0 radical (unpaired) electrons. The number of hydroxylamine groups is 2. The van der Waals surface area contributed by atoms with Crippen LogP contribution in [0.2, 0.25) is 0 Å². The highest BCUT2D eigenvalue weighted by Crippen LogP contribution is 2.46. The first-order valence-electron chi connectivity index (χ1n) is 21.2. The highest BCUT2D eigenvalue weighted by molar-refractivity contribution is 7.86. The third kappa shape index (κ3) is 7.60. The van der Waals surface area contributed by atoms with Crippen molar-refractivity contribution in [1.29, 1.82) is 0 Å². The lowest BCUT2D eigenvalue weighted by Crippen LogP contribution is -2.49. The summed E-state index contributed by atoms with van der Waals surface area (Å²) in [6, 6.07) is 8.09. The molecule has 15 heteroatoms. The Bertz CT molecular complexity index is 2690. The van der Waals surface area contributed by atoms with Crippen LogP contribution in [0, 0.1) is 5.92 Å². The van der Waals surface area contributed by atoms with Gasteiger partial charge < -0.3 is 28.5 Å². The molecule has 0 unspecified atom stereocenters. The highest BCUT2D eigenvalue weighted by Gasteiger charge is 2.39. The number of fused-ring (bicyclic) bond motifs is 4. The van der Waals surface area contributed by atoms with Crippen LogP contribution in [0.4, 0.5) is 5.69 Å². The molecule has 14 nitrogen and oxygen atoms in total. The van der Waals surface area contributed by atoms with Gasteiger partial charge in [0.05, 0.1) is 39.1 Å². The minimum atomic E-state index is -4.64. The molecule has 2 saturated heterocycles. The second-order valence-corrected chi connectivity index (χ2v) is 19.0. The summed E-state index contributed by atoms with van der Waals surface area (Å²) in [5.41, 5.74) is 5.02. The number of likely N-dealkylation sites (tertiary alicyclic amines) is 1. The summed E-state index contributed by atoms with van der Waals surface area (Å²) in [5, 5.41) is 2.82. The number of aromatic nitrogens is 2. The predicted molar refractivity (Wildman–Crippen MR) is 230 cm³/mol. The van der Waals surface area contributed by atoms with Gasteiger partial charge in [0.25, 0.3) is 5.91 Å². The number of amides is 2. The second kappa shape index (κ2) is 15.4. The Morgan fingerprint density at radius 3 is 2.36 bits per heavy atom. The minimum absolute atomic E-state index is 0.0350. The zero-order valence-corrected chi connectivity index (χ0v) is 36.9. The Balaban J connectivity index is 1.22. The predicted octanol–water partition coefficient (Wildman–Crippen LogP) is 4.71. The van der Waals surface area contributed by atoms with Crippen molar-refractivity contribution in [1.82, 2.24) is 24.1 Å². The quantitative estimate of drug-likeness (QED) is 0.162. The largest absolute Gasteiger partial charge is 0.748 e. The first-order valence-corrected chi connectivity index (χ1v) is 22.8. The fraction of sp³-hybridized carbons (Fsp3) is 0.457. The first kappa shape index (κ1) is 42.2. The standard InChI is InChI=1S/C46H54N6O8S/c1-9-29-24-45(5,6)50(10-2)36-22-38-34(20-32(29)36)42(35-21-33-31(27-61(56,57)58)25-46(7,8)51(11-3)37(33)23-39(35)59-38)43-47-16-19-49(43)26-41(54)48-17-14-30(15-18-48)44(55)60-52-28(4)12-13-40(52)53/h16,19-25,30H,4,9-15,17-18,26-27H2,1-3,5-8H3. The number of likely N-dealkylation sites (N-methyl/N-ethyl adjacent to an activating group) is 2. The lowest BCUT2D eigenvalue weighted by Gasteiger charge is -2.43. The van der Waals surface area contributed by atoms with Crippen molar-refractivity contribution in [3.8, 4) is 11.5 Å². The van der Waals surface area contributed by atoms with Crippen molar-refractivity contribution < 1.29 is 36.9 Å². The summed E-state index contributed by atoms with van der Waals surface area (Å²) in [5.74, 6) is -0.387. The molecule has 5 aliphatic rings. The van der Waals surface area contributed by atoms with Gasteiger partial charge >= 0.3 is 5.97 Å². The number of nitrogens with zero attached hydrogens (tertiary/aromatic N) is 6. The van der Waals surface area contributed by atoms with Crippen molar-refractivity contribution >= 4 is 50.3 Å². The molecule has 0 spiro atoms. The number of hydrogen-bond donors (Lipinski definition) is 0. The number of allylic oxidation sites excluding steroid dienone is 2. The molecule has 1 aromatic heterocycles. The molecule has 2 amide bonds. The third-order valence-electron chi connectivity index (χ3n) is 12.8. The zero-order chi connectivity index (χ0) is 43.8. The van der Waals surface area contributed by atoms with Gasteiger partial charge in [0.1, 0.15) is 30.4 Å². The van der Waals surface area contributed by atoms with Crippen LogP contribution in [0.3, 0.4) is 0 Å². The SMILES string of the molecule is C=C1CCC(=O)N1OC(=O)C1CCN(C(=O)Cn2ccnc2C2=c3cc4c(cc3Oc3cc5c(cc32)C(CS(=O)(=O)[O-])=CC(C)(C)N5CC)=[N+](CC)C(C)(C)C=C4CC)CC1. The zero-order valence-electron chi connectivity index (χ0n) is 36.0. The molecule has 61 heavy (non-hydrogen) atoms. The van der Waals surface area contributed by atoms with Crippen LogP contribution >= 0.6 is 0 Å².